The Balaban J connectivity index is 1.24. The molecule has 1 aliphatic carbocycles. The highest BCUT2D eigenvalue weighted by molar-refractivity contribution is 6.01. The van der Waals surface area contributed by atoms with Gasteiger partial charge in [-0.25, -0.2) is 0 Å². The van der Waals surface area contributed by atoms with Crippen molar-refractivity contribution in [1.29, 1.82) is 0 Å². The molecule has 0 bridgehead atoms. The standard InChI is InChI=1S/C25H33N3O4/c1-16-6-9-22(24(29)27-16)28-15-19-13-17(7-8-20(19)25(28)30)12-18-4-2-3-5-21(18)26-14-23-31-10-11-32-23/h7-8,13,18,21-23,26H,1-6,9-12,14-15H2,(H,27,29)/t18-,21+,22?/m1/s1. The summed E-state index contributed by atoms with van der Waals surface area (Å²) in [6.07, 6.45) is 7.13. The van der Waals surface area contributed by atoms with E-state index in [1.807, 2.05) is 6.07 Å². The molecule has 3 heterocycles. The van der Waals surface area contributed by atoms with Crippen molar-refractivity contribution in [3.05, 3.63) is 47.2 Å². The van der Waals surface area contributed by atoms with Gasteiger partial charge in [0.15, 0.2) is 6.29 Å². The second-order valence-electron chi connectivity index (χ2n) is 9.51. The number of nitrogens with one attached hydrogen (secondary N) is 2. The maximum Gasteiger partial charge on any atom is 0.255 e. The summed E-state index contributed by atoms with van der Waals surface area (Å²) in [6, 6.07) is 6.29. The largest absolute Gasteiger partial charge is 0.349 e. The molecule has 0 radical (unpaired) electrons. The van der Waals surface area contributed by atoms with Gasteiger partial charge >= 0.3 is 0 Å². The number of ether oxygens (including phenoxy) is 2. The van der Waals surface area contributed by atoms with Crippen LogP contribution in [0, 0.1) is 5.92 Å². The fourth-order valence-electron chi connectivity index (χ4n) is 5.63. The van der Waals surface area contributed by atoms with Crippen molar-refractivity contribution in [3.8, 4) is 0 Å². The molecular weight excluding hydrogens is 406 g/mol. The summed E-state index contributed by atoms with van der Waals surface area (Å²) in [5, 5.41) is 6.49. The van der Waals surface area contributed by atoms with Gasteiger partial charge in [-0.15, -0.1) is 0 Å². The van der Waals surface area contributed by atoms with E-state index < -0.39 is 6.04 Å². The number of hydrogen-bond acceptors (Lipinski definition) is 5. The van der Waals surface area contributed by atoms with Crippen LogP contribution in [0.1, 0.15) is 60.0 Å². The second kappa shape index (κ2) is 9.33. The third-order valence-corrected chi connectivity index (χ3v) is 7.34. The van der Waals surface area contributed by atoms with Gasteiger partial charge in [0.25, 0.3) is 5.91 Å². The summed E-state index contributed by atoms with van der Waals surface area (Å²) in [5.74, 6) is 0.411. The normalized spacial score (nSPS) is 28.8. The molecule has 0 aromatic heterocycles. The number of fused-ring (bicyclic) bond motifs is 1. The average Bonchev–Trinajstić information content (AvgIpc) is 3.41. The van der Waals surface area contributed by atoms with Crippen LogP contribution in [0.25, 0.3) is 0 Å². The Kier molecular flexibility index (Phi) is 6.31. The van der Waals surface area contributed by atoms with Crippen LogP contribution >= 0.6 is 0 Å². The number of carbonyl (C=O) groups is 2. The Bertz CT molecular complexity index is 895. The van der Waals surface area contributed by atoms with Gasteiger partial charge in [-0.2, -0.15) is 0 Å². The molecule has 32 heavy (non-hydrogen) atoms. The molecule has 3 atom stereocenters. The van der Waals surface area contributed by atoms with Gasteiger partial charge in [-0.1, -0.05) is 31.6 Å². The minimum absolute atomic E-state index is 0.0343. The first-order valence-corrected chi connectivity index (χ1v) is 12.0. The molecule has 2 amide bonds. The van der Waals surface area contributed by atoms with Crippen molar-refractivity contribution in [2.24, 2.45) is 5.92 Å². The van der Waals surface area contributed by atoms with Gasteiger partial charge in [0.05, 0.1) is 13.2 Å². The lowest BCUT2D eigenvalue weighted by atomic mass is 9.80. The quantitative estimate of drug-likeness (QED) is 0.712. The molecule has 1 aromatic rings. The molecule has 172 valence electrons. The van der Waals surface area contributed by atoms with Gasteiger partial charge < -0.3 is 25.0 Å². The fourth-order valence-corrected chi connectivity index (χ4v) is 5.63. The van der Waals surface area contributed by atoms with E-state index in [2.05, 4.69) is 29.3 Å². The predicted octanol–water partition coefficient (Wildman–Crippen LogP) is 2.50. The second-order valence-corrected chi connectivity index (χ2v) is 9.51. The van der Waals surface area contributed by atoms with Gasteiger partial charge in [0.2, 0.25) is 5.91 Å². The van der Waals surface area contributed by atoms with Crippen LogP contribution < -0.4 is 10.6 Å². The van der Waals surface area contributed by atoms with Crippen molar-refractivity contribution in [2.45, 2.75) is 69.9 Å². The predicted molar refractivity (Wildman–Crippen MR) is 120 cm³/mol. The molecule has 5 rings (SSSR count). The van der Waals surface area contributed by atoms with E-state index in [9.17, 15) is 9.59 Å². The van der Waals surface area contributed by atoms with Gasteiger partial charge in [-0.05, 0) is 55.2 Å². The molecule has 3 aliphatic heterocycles. The van der Waals surface area contributed by atoms with E-state index in [1.165, 1.54) is 31.2 Å². The maximum atomic E-state index is 13.0. The van der Waals surface area contributed by atoms with Crippen LogP contribution in [0.4, 0.5) is 0 Å². The molecule has 1 aromatic carbocycles. The third kappa shape index (κ3) is 4.47. The highest BCUT2D eigenvalue weighted by Gasteiger charge is 2.38. The van der Waals surface area contributed by atoms with E-state index in [1.54, 1.807) is 4.90 Å². The number of amides is 2. The summed E-state index contributed by atoms with van der Waals surface area (Å²) in [5.41, 5.74) is 3.78. The third-order valence-electron chi connectivity index (χ3n) is 7.34. The van der Waals surface area contributed by atoms with Crippen LogP contribution in [0.3, 0.4) is 0 Å². The first kappa shape index (κ1) is 21.6. The van der Waals surface area contributed by atoms with E-state index in [0.717, 1.165) is 36.2 Å². The summed E-state index contributed by atoms with van der Waals surface area (Å²) < 4.78 is 11.2. The lowest BCUT2D eigenvalue weighted by Crippen LogP contribution is -2.49. The van der Waals surface area contributed by atoms with Crippen molar-refractivity contribution < 1.29 is 19.1 Å². The highest BCUT2D eigenvalue weighted by Crippen LogP contribution is 2.32. The minimum atomic E-state index is -0.407. The van der Waals surface area contributed by atoms with Crippen LogP contribution in [0.5, 0.6) is 0 Å². The first-order valence-electron chi connectivity index (χ1n) is 12.0. The SMILES string of the molecule is C=C1CCC(N2Cc3cc(C[C@H]4CCCC[C@@H]4NCC4OCCO4)ccc3C2=O)C(=O)N1. The zero-order valence-corrected chi connectivity index (χ0v) is 18.6. The van der Waals surface area contributed by atoms with Gasteiger partial charge in [-0.3, -0.25) is 9.59 Å². The lowest BCUT2D eigenvalue weighted by molar-refractivity contribution is -0.126. The van der Waals surface area contributed by atoms with Gasteiger partial charge in [0.1, 0.15) is 6.04 Å². The van der Waals surface area contributed by atoms with Crippen LogP contribution in [0.15, 0.2) is 30.5 Å². The topological polar surface area (TPSA) is 79.9 Å². The van der Waals surface area contributed by atoms with Crippen LogP contribution in [-0.2, 0) is 27.2 Å². The first-order chi connectivity index (χ1) is 15.6. The summed E-state index contributed by atoms with van der Waals surface area (Å²) >= 11 is 0. The highest BCUT2D eigenvalue weighted by atomic mass is 16.7. The zero-order chi connectivity index (χ0) is 22.1. The molecule has 2 saturated heterocycles. The van der Waals surface area contributed by atoms with Crippen molar-refractivity contribution in [1.82, 2.24) is 15.5 Å². The molecule has 1 unspecified atom stereocenters. The number of rotatable bonds is 6. The number of nitrogens with zero attached hydrogens (tertiary/aromatic N) is 1. The van der Waals surface area contributed by atoms with Crippen molar-refractivity contribution in [2.75, 3.05) is 19.8 Å². The summed E-state index contributed by atoms with van der Waals surface area (Å²) in [7, 11) is 0. The summed E-state index contributed by atoms with van der Waals surface area (Å²) in [4.78, 5) is 27.1. The van der Waals surface area contributed by atoms with Crippen molar-refractivity contribution >= 4 is 11.8 Å². The Hall–Kier alpha value is -2.22. The zero-order valence-electron chi connectivity index (χ0n) is 18.6. The van der Waals surface area contributed by atoms with E-state index >= 15 is 0 Å². The maximum absolute atomic E-state index is 13.0. The number of benzene rings is 1. The smallest absolute Gasteiger partial charge is 0.255 e. The Labute approximate surface area is 189 Å². The molecule has 3 fully saturated rings. The molecule has 1 saturated carbocycles. The van der Waals surface area contributed by atoms with E-state index in [4.69, 9.17) is 9.47 Å². The molecular formula is C25H33N3O4. The van der Waals surface area contributed by atoms with Gasteiger partial charge in [0, 0.05) is 30.4 Å². The van der Waals surface area contributed by atoms with Crippen LogP contribution in [0.2, 0.25) is 0 Å². The number of carbonyl (C=O) groups excluding carboxylic acids is 2. The average molecular weight is 440 g/mol. The Morgan fingerprint density at radius 2 is 1.94 bits per heavy atom. The molecule has 7 nitrogen and oxygen atoms in total. The molecule has 0 spiro atoms. The van der Waals surface area contributed by atoms with Crippen LogP contribution in [-0.4, -0.2) is 54.8 Å². The lowest BCUT2D eigenvalue weighted by Gasteiger charge is -2.33. The summed E-state index contributed by atoms with van der Waals surface area (Å²) in [6.45, 7) is 6.45. The number of piperidine rings is 1. The van der Waals surface area contributed by atoms with E-state index in [0.29, 0.717) is 38.1 Å². The Morgan fingerprint density at radius 1 is 1.12 bits per heavy atom. The van der Waals surface area contributed by atoms with Crippen molar-refractivity contribution in [3.63, 3.8) is 0 Å². The minimum Gasteiger partial charge on any atom is -0.349 e. The fraction of sp³-hybridized carbons (Fsp3) is 0.600. The number of hydrogen-bond donors (Lipinski definition) is 2. The molecule has 4 aliphatic rings. The number of allylic oxidation sites excluding steroid dienone is 1. The van der Waals surface area contributed by atoms with E-state index in [-0.39, 0.29) is 18.1 Å². The molecule has 2 N–H and O–H groups in total. The monoisotopic (exact) mass is 439 g/mol. The molecule has 7 heteroatoms. The Morgan fingerprint density at radius 3 is 2.75 bits per heavy atom.